The van der Waals surface area contributed by atoms with Crippen LogP contribution in [0.2, 0.25) is 5.02 Å². The van der Waals surface area contributed by atoms with E-state index >= 15 is 0 Å². The van der Waals surface area contributed by atoms with Crippen LogP contribution in [0, 0.1) is 0 Å². The van der Waals surface area contributed by atoms with E-state index in [2.05, 4.69) is 5.32 Å². The lowest BCUT2D eigenvalue weighted by atomic mass is 10.3. The average Bonchev–Trinajstić information content (AvgIpc) is 2.31. The second-order valence-electron chi connectivity index (χ2n) is 4.22. The van der Waals surface area contributed by atoms with Gasteiger partial charge in [-0.1, -0.05) is 23.7 Å². The number of hydrogen-bond donors (Lipinski definition) is 2. The zero-order valence-corrected chi connectivity index (χ0v) is 12.2. The lowest BCUT2D eigenvalue weighted by molar-refractivity contribution is -0.113. The maximum atomic E-state index is 11.9. The van der Waals surface area contributed by atoms with Gasteiger partial charge in [0.25, 0.3) is 0 Å². The number of nitrogens with two attached hydrogens (primary N) is 1. The first-order valence-corrected chi connectivity index (χ1v) is 7.92. The van der Waals surface area contributed by atoms with Crippen molar-refractivity contribution < 1.29 is 13.2 Å². The highest BCUT2D eigenvalue weighted by Crippen LogP contribution is 2.20. The number of nitrogens with one attached hydrogen (secondary N) is 1. The summed E-state index contributed by atoms with van der Waals surface area (Å²) in [5, 5.41) is 2.22. The van der Waals surface area contributed by atoms with E-state index in [4.69, 9.17) is 17.3 Å². The van der Waals surface area contributed by atoms with Crippen LogP contribution < -0.4 is 11.1 Å². The molecule has 1 rings (SSSR count). The highest BCUT2D eigenvalue weighted by molar-refractivity contribution is 7.92. The number of para-hydroxylation sites is 1. The van der Waals surface area contributed by atoms with Gasteiger partial charge in [0.2, 0.25) is 5.91 Å². The Balaban J connectivity index is 2.68. The van der Waals surface area contributed by atoms with Crippen LogP contribution in [0.3, 0.4) is 0 Å². The molecule has 0 radical (unpaired) electrons. The monoisotopic (exact) mass is 304 g/mol. The molecular weight excluding hydrogens is 288 g/mol. The number of benzene rings is 1. The quantitative estimate of drug-likeness (QED) is 0.832. The minimum absolute atomic E-state index is 0.270. The van der Waals surface area contributed by atoms with Crippen molar-refractivity contribution in [3.05, 3.63) is 29.3 Å². The summed E-state index contributed by atoms with van der Waals surface area (Å²) < 4.78 is 23.7. The first-order valence-electron chi connectivity index (χ1n) is 5.83. The zero-order chi connectivity index (χ0) is 14.5. The van der Waals surface area contributed by atoms with Crippen LogP contribution in [0.15, 0.2) is 24.3 Å². The van der Waals surface area contributed by atoms with Crippen LogP contribution in [-0.2, 0) is 14.6 Å². The number of carbonyl (C=O) groups excluding carboxylic acids is 1. The van der Waals surface area contributed by atoms with Crippen molar-refractivity contribution in [2.24, 2.45) is 5.73 Å². The van der Waals surface area contributed by atoms with Gasteiger partial charge in [0.15, 0.2) is 9.84 Å². The summed E-state index contributed by atoms with van der Waals surface area (Å²) in [6.07, 6.45) is 0.335. The molecule has 1 unspecified atom stereocenters. The number of rotatable bonds is 6. The predicted octanol–water partition coefficient (Wildman–Crippen LogP) is 1.43. The molecule has 0 aliphatic rings. The normalized spacial score (nSPS) is 13.0. The van der Waals surface area contributed by atoms with E-state index in [1.807, 2.05) is 0 Å². The highest BCUT2D eigenvalue weighted by atomic mass is 35.5. The first-order chi connectivity index (χ1) is 8.86. The SMILES string of the molecule is CC(CCN)S(=O)(=O)CC(=O)Nc1ccccc1Cl. The largest absolute Gasteiger partial charge is 0.330 e. The lowest BCUT2D eigenvalue weighted by Gasteiger charge is -2.12. The topological polar surface area (TPSA) is 89.3 Å². The van der Waals surface area contributed by atoms with Crippen molar-refractivity contribution >= 4 is 33.0 Å². The number of anilines is 1. The molecule has 0 aromatic heterocycles. The van der Waals surface area contributed by atoms with E-state index in [1.54, 1.807) is 31.2 Å². The van der Waals surface area contributed by atoms with Gasteiger partial charge in [0.1, 0.15) is 5.75 Å². The molecule has 0 aliphatic carbocycles. The molecule has 0 aliphatic heterocycles. The zero-order valence-electron chi connectivity index (χ0n) is 10.6. The number of amides is 1. The summed E-state index contributed by atoms with van der Waals surface area (Å²) in [5.41, 5.74) is 5.72. The Labute approximate surface area is 118 Å². The van der Waals surface area contributed by atoms with Crippen LogP contribution in [0.25, 0.3) is 0 Å². The predicted molar refractivity (Wildman–Crippen MR) is 77.0 cm³/mol. The Morgan fingerprint density at radius 2 is 2.05 bits per heavy atom. The van der Waals surface area contributed by atoms with Crippen molar-refractivity contribution in [1.29, 1.82) is 0 Å². The van der Waals surface area contributed by atoms with E-state index in [1.165, 1.54) is 0 Å². The molecule has 0 saturated heterocycles. The van der Waals surface area contributed by atoms with Crippen LogP contribution in [0.5, 0.6) is 0 Å². The van der Waals surface area contributed by atoms with Crippen molar-refractivity contribution in [3.63, 3.8) is 0 Å². The summed E-state index contributed by atoms with van der Waals surface area (Å²) in [5.74, 6) is -1.17. The summed E-state index contributed by atoms with van der Waals surface area (Å²) in [6, 6.07) is 6.64. The maximum Gasteiger partial charge on any atom is 0.239 e. The van der Waals surface area contributed by atoms with Crippen molar-refractivity contribution in [2.45, 2.75) is 18.6 Å². The molecule has 0 spiro atoms. The van der Waals surface area contributed by atoms with Gasteiger partial charge in [0, 0.05) is 0 Å². The third-order valence-electron chi connectivity index (χ3n) is 2.67. The molecule has 7 heteroatoms. The van der Waals surface area contributed by atoms with Crippen LogP contribution in [0.4, 0.5) is 5.69 Å². The van der Waals surface area contributed by atoms with E-state index in [0.717, 1.165) is 0 Å². The van der Waals surface area contributed by atoms with E-state index in [-0.39, 0.29) is 6.54 Å². The molecule has 1 amide bonds. The van der Waals surface area contributed by atoms with Gasteiger partial charge in [0.05, 0.1) is 16.0 Å². The second kappa shape index (κ2) is 6.88. The smallest absolute Gasteiger partial charge is 0.239 e. The molecule has 0 saturated carbocycles. The molecule has 1 aromatic carbocycles. The van der Waals surface area contributed by atoms with Crippen LogP contribution in [-0.4, -0.2) is 31.9 Å². The summed E-state index contributed by atoms with van der Waals surface area (Å²) in [7, 11) is -3.49. The summed E-state index contributed by atoms with van der Waals surface area (Å²) in [6.45, 7) is 1.82. The Kier molecular flexibility index (Phi) is 5.78. The molecule has 5 nitrogen and oxygen atoms in total. The Hall–Kier alpha value is -1.11. The molecule has 3 N–H and O–H groups in total. The number of hydrogen-bond acceptors (Lipinski definition) is 4. The second-order valence-corrected chi connectivity index (χ2v) is 7.05. The summed E-state index contributed by atoms with van der Waals surface area (Å²) >= 11 is 5.87. The molecule has 1 atom stereocenters. The Morgan fingerprint density at radius 1 is 1.42 bits per heavy atom. The maximum absolute atomic E-state index is 11.9. The molecular formula is C12H17ClN2O3S. The summed E-state index contributed by atoms with van der Waals surface area (Å²) in [4.78, 5) is 11.7. The van der Waals surface area contributed by atoms with Gasteiger partial charge in [-0.05, 0) is 32.0 Å². The van der Waals surface area contributed by atoms with Crippen LogP contribution in [0.1, 0.15) is 13.3 Å². The van der Waals surface area contributed by atoms with Gasteiger partial charge >= 0.3 is 0 Å². The fourth-order valence-corrected chi connectivity index (χ4v) is 2.89. The highest BCUT2D eigenvalue weighted by Gasteiger charge is 2.23. The van der Waals surface area contributed by atoms with Gasteiger partial charge in [-0.15, -0.1) is 0 Å². The third-order valence-corrected chi connectivity index (χ3v) is 5.12. The van der Waals surface area contributed by atoms with Gasteiger partial charge in [-0.3, -0.25) is 4.79 Å². The number of carbonyl (C=O) groups is 1. The number of halogens is 1. The Bertz CT molecular complexity index is 546. The fraction of sp³-hybridized carbons (Fsp3) is 0.417. The number of sulfone groups is 1. The standard InChI is InChI=1S/C12H17ClN2O3S/c1-9(6-7-14)19(17,18)8-12(16)15-11-5-3-2-4-10(11)13/h2-5,9H,6-8,14H2,1H3,(H,15,16). The molecule has 0 fully saturated rings. The van der Waals surface area contributed by atoms with Crippen molar-refractivity contribution in [3.8, 4) is 0 Å². The molecule has 0 heterocycles. The Morgan fingerprint density at radius 3 is 2.63 bits per heavy atom. The van der Waals surface area contributed by atoms with E-state index < -0.39 is 26.7 Å². The van der Waals surface area contributed by atoms with Gasteiger partial charge < -0.3 is 11.1 Å². The molecule has 0 bridgehead atoms. The lowest BCUT2D eigenvalue weighted by Crippen LogP contribution is -2.30. The van der Waals surface area contributed by atoms with E-state index in [9.17, 15) is 13.2 Å². The van der Waals surface area contributed by atoms with E-state index in [0.29, 0.717) is 17.1 Å². The minimum atomic E-state index is -3.49. The fourth-order valence-electron chi connectivity index (χ4n) is 1.49. The first kappa shape index (κ1) is 15.9. The van der Waals surface area contributed by atoms with Crippen molar-refractivity contribution in [2.75, 3.05) is 17.6 Å². The molecule has 19 heavy (non-hydrogen) atoms. The third kappa shape index (κ3) is 4.81. The molecule has 106 valence electrons. The minimum Gasteiger partial charge on any atom is -0.330 e. The van der Waals surface area contributed by atoms with Crippen LogP contribution >= 0.6 is 11.6 Å². The van der Waals surface area contributed by atoms with Crippen molar-refractivity contribution in [1.82, 2.24) is 0 Å². The average molecular weight is 305 g/mol. The van der Waals surface area contributed by atoms with Gasteiger partial charge in [-0.25, -0.2) is 8.42 Å². The van der Waals surface area contributed by atoms with Gasteiger partial charge in [-0.2, -0.15) is 0 Å². The molecule has 1 aromatic rings.